The Hall–Kier alpha value is -2.57. The van der Waals surface area contributed by atoms with E-state index in [-0.39, 0.29) is 18.6 Å². The number of carbonyl (C=O) groups excluding carboxylic acids is 1. The molecule has 2 aromatic rings. The number of nitrogens with one attached hydrogen (secondary N) is 1. The van der Waals surface area contributed by atoms with Crippen molar-refractivity contribution in [1.82, 2.24) is 5.48 Å². The number of rotatable bonds is 12. The van der Waals surface area contributed by atoms with E-state index in [4.69, 9.17) is 14.7 Å². The van der Waals surface area contributed by atoms with Crippen LogP contribution in [0.2, 0.25) is 0 Å². The predicted octanol–water partition coefficient (Wildman–Crippen LogP) is 6.25. The molecule has 0 aliphatic heterocycles. The molecule has 35 heavy (non-hydrogen) atoms. The summed E-state index contributed by atoms with van der Waals surface area (Å²) in [5.74, 6) is 0.814. The predicted molar refractivity (Wildman–Crippen MR) is 142 cm³/mol. The van der Waals surface area contributed by atoms with Crippen LogP contribution in [0.3, 0.4) is 0 Å². The zero-order valence-electron chi connectivity index (χ0n) is 22.8. The van der Waals surface area contributed by atoms with Crippen molar-refractivity contribution in [2.75, 3.05) is 13.2 Å². The minimum absolute atomic E-state index is 0.178. The number of ether oxygens (including phenoxy) is 2. The van der Waals surface area contributed by atoms with Gasteiger partial charge < -0.3 is 14.6 Å². The molecule has 0 aromatic heterocycles. The van der Waals surface area contributed by atoms with E-state index >= 15 is 0 Å². The Bertz CT molecular complexity index is 933. The highest BCUT2D eigenvalue weighted by Crippen LogP contribution is 2.41. The molecule has 0 saturated carbocycles. The summed E-state index contributed by atoms with van der Waals surface area (Å²) in [6.07, 6.45) is 3.14. The SMILES string of the molecule is CC.CCC(O)(CC)COc1ccc(C(CC)(CC)c2ccc(OCC(=O)NO)c(C)c2)cc1C. The maximum absolute atomic E-state index is 11.3. The second-order valence-corrected chi connectivity index (χ2v) is 8.79. The number of aliphatic hydroxyl groups is 1. The van der Waals surface area contributed by atoms with Crippen molar-refractivity contribution in [1.29, 1.82) is 0 Å². The first-order chi connectivity index (χ1) is 16.7. The van der Waals surface area contributed by atoms with E-state index in [1.807, 2.05) is 53.7 Å². The summed E-state index contributed by atoms with van der Waals surface area (Å²) in [4.78, 5) is 11.3. The van der Waals surface area contributed by atoms with Gasteiger partial charge in [0.15, 0.2) is 6.61 Å². The van der Waals surface area contributed by atoms with Crippen molar-refractivity contribution in [2.45, 2.75) is 92.1 Å². The smallest absolute Gasteiger partial charge is 0.281 e. The number of benzene rings is 2. The van der Waals surface area contributed by atoms with Crippen LogP contribution >= 0.6 is 0 Å². The van der Waals surface area contributed by atoms with Crippen molar-refractivity contribution < 1.29 is 24.6 Å². The summed E-state index contributed by atoms with van der Waals surface area (Å²) >= 11 is 0. The Morgan fingerprint density at radius 3 is 1.66 bits per heavy atom. The van der Waals surface area contributed by atoms with Crippen LogP contribution in [0.4, 0.5) is 0 Å². The van der Waals surface area contributed by atoms with E-state index < -0.39 is 11.5 Å². The van der Waals surface area contributed by atoms with E-state index in [2.05, 4.69) is 38.1 Å². The summed E-state index contributed by atoms with van der Waals surface area (Å²) in [6.45, 7) is 16.4. The molecule has 2 aromatic carbocycles. The van der Waals surface area contributed by atoms with Crippen LogP contribution in [0.15, 0.2) is 36.4 Å². The van der Waals surface area contributed by atoms with Gasteiger partial charge in [0, 0.05) is 5.41 Å². The molecule has 0 unspecified atom stereocenters. The lowest BCUT2D eigenvalue weighted by atomic mass is 9.70. The van der Waals surface area contributed by atoms with Gasteiger partial charge in [-0.05, 0) is 73.9 Å². The third-order valence-electron chi connectivity index (χ3n) is 6.96. The third kappa shape index (κ3) is 7.45. The first kappa shape index (κ1) is 30.5. The van der Waals surface area contributed by atoms with Crippen LogP contribution < -0.4 is 15.0 Å². The van der Waals surface area contributed by atoms with Gasteiger partial charge in [-0.1, -0.05) is 65.8 Å². The van der Waals surface area contributed by atoms with Crippen molar-refractivity contribution in [3.05, 3.63) is 58.7 Å². The molecule has 2 rings (SSSR count). The Morgan fingerprint density at radius 2 is 1.29 bits per heavy atom. The van der Waals surface area contributed by atoms with E-state index in [0.29, 0.717) is 18.6 Å². The molecule has 0 aliphatic rings. The number of hydroxylamine groups is 1. The monoisotopic (exact) mass is 487 g/mol. The minimum atomic E-state index is -0.805. The van der Waals surface area contributed by atoms with Crippen molar-refractivity contribution in [3.8, 4) is 11.5 Å². The molecule has 3 N–H and O–H groups in total. The average molecular weight is 488 g/mol. The van der Waals surface area contributed by atoms with E-state index in [1.54, 1.807) is 5.48 Å². The van der Waals surface area contributed by atoms with Crippen LogP contribution in [0, 0.1) is 13.8 Å². The van der Waals surface area contributed by atoms with Gasteiger partial charge in [0.1, 0.15) is 18.1 Å². The fourth-order valence-electron chi connectivity index (χ4n) is 4.29. The fourth-order valence-corrected chi connectivity index (χ4v) is 4.29. The maximum atomic E-state index is 11.3. The van der Waals surface area contributed by atoms with Crippen LogP contribution in [0.25, 0.3) is 0 Å². The molecule has 0 atom stereocenters. The highest BCUT2D eigenvalue weighted by molar-refractivity contribution is 5.76. The lowest BCUT2D eigenvalue weighted by Gasteiger charge is -2.34. The van der Waals surface area contributed by atoms with Gasteiger partial charge in [0.05, 0.1) is 5.60 Å². The van der Waals surface area contributed by atoms with E-state index in [0.717, 1.165) is 29.7 Å². The second kappa shape index (κ2) is 14.1. The Labute approximate surface area is 211 Å². The van der Waals surface area contributed by atoms with Crippen LogP contribution in [-0.2, 0) is 10.2 Å². The molecule has 0 radical (unpaired) electrons. The van der Waals surface area contributed by atoms with Crippen molar-refractivity contribution in [2.24, 2.45) is 0 Å². The zero-order valence-corrected chi connectivity index (χ0v) is 22.8. The maximum Gasteiger partial charge on any atom is 0.281 e. The number of hydrogen-bond donors (Lipinski definition) is 3. The minimum Gasteiger partial charge on any atom is -0.490 e. The first-order valence-corrected chi connectivity index (χ1v) is 12.8. The van der Waals surface area contributed by atoms with Crippen molar-refractivity contribution >= 4 is 5.91 Å². The van der Waals surface area contributed by atoms with Crippen LogP contribution in [0.5, 0.6) is 11.5 Å². The Kier molecular flexibility index (Phi) is 12.3. The Morgan fingerprint density at radius 1 is 0.829 bits per heavy atom. The summed E-state index contributed by atoms with van der Waals surface area (Å²) in [5.41, 5.74) is 4.96. The van der Waals surface area contributed by atoms with Crippen LogP contribution in [-0.4, -0.2) is 35.0 Å². The molecular weight excluding hydrogens is 442 g/mol. The molecular formula is C29H45NO5. The summed E-state index contributed by atoms with van der Waals surface area (Å²) in [7, 11) is 0. The van der Waals surface area contributed by atoms with Gasteiger partial charge in [-0.15, -0.1) is 0 Å². The molecule has 0 spiro atoms. The average Bonchev–Trinajstić information content (AvgIpc) is 2.89. The third-order valence-corrected chi connectivity index (χ3v) is 6.96. The zero-order chi connectivity index (χ0) is 26.6. The van der Waals surface area contributed by atoms with E-state index in [9.17, 15) is 9.90 Å². The van der Waals surface area contributed by atoms with Gasteiger partial charge in [-0.2, -0.15) is 0 Å². The van der Waals surface area contributed by atoms with Gasteiger partial charge in [0.25, 0.3) is 5.91 Å². The van der Waals surface area contributed by atoms with Crippen molar-refractivity contribution in [3.63, 3.8) is 0 Å². The van der Waals surface area contributed by atoms with Crippen LogP contribution in [0.1, 0.15) is 89.5 Å². The van der Waals surface area contributed by atoms with Gasteiger partial charge in [0.2, 0.25) is 0 Å². The quantitative estimate of drug-likeness (QED) is 0.243. The molecule has 0 aliphatic carbocycles. The van der Waals surface area contributed by atoms with E-state index in [1.165, 1.54) is 11.1 Å². The fraction of sp³-hybridized carbons (Fsp3) is 0.552. The summed E-state index contributed by atoms with van der Waals surface area (Å²) < 4.78 is 11.5. The number of hydrogen-bond acceptors (Lipinski definition) is 5. The number of carbonyl (C=O) groups is 1. The molecule has 6 heteroatoms. The topological polar surface area (TPSA) is 88.0 Å². The van der Waals surface area contributed by atoms with Gasteiger partial charge >= 0.3 is 0 Å². The number of amides is 1. The molecule has 0 fully saturated rings. The summed E-state index contributed by atoms with van der Waals surface area (Å²) in [6, 6.07) is 12.4. The lowest BCUT2D eigenvalue weighted by molar-refractivity contribution is -0.131. The molecule has 196 valence electrons. The standard InChI is InChI=1S/C27H39NO5.C2H6/c1-7-26(30,8-2)18-33-24-14-12-22(16-20(24)6)27(9-3,10-4)21-11-13-23(19(5)15-21)32-17-25(29)28-31;1-2/h11-16,30-31H,7-10,17-18H2,1-6H3,(H,28,29);1-2H3. The molecule has 6 nitrogen and oxygen atoms in total. The molecule has 0 bridgehead atoms. The summed E-state index contributed by atoms with van der Waals surface area (Å²) in [5, 5.41) is 19.2. The first-order valence-electron chi connectivity index (χ1n) is 12.8. The lowest BCUT2D eigenvalue weighted by Crippen LogP contribution is -2.34. The second-order valence-electron chi connectivity index (χ2n) is 8.79. The van der Waals surface area contributed by atoms with Gasteiger partial charge in [-0.25, -0.2) is 5.48 Å². The largest absolute Gasteiger partial charge is 0.490 e. The molecule has 1 amide bonds. The molecule has 0 saturated heterocycles. The molecule has 0 heterocycles. The normalized spacial score (nSPS) is 11.4. The highest BCUT2D eigenvalue weighted by Gasteiger charge is 2.32. The Balaban J connectivity index is 0.00000298. The van der Waals surface area contributed by atoms with Gasteiger partial charge in [-0.3, -0.25) is 10.0 Å². The highest BCUT2D eigenvalue weighted by atomic mass is 16.5. The number of aryl methyl sites for hydroxylation is 2.